The van der Waals surface area contributed by atoms with E-state index >= 15 is 0 Å². The van der Waals surface area contributed by atoms with E-state index in [0.29, 0.717) is 12.1 Å². The molecule has 4 aromatic rings. The Morgan fingerprint density at radius 1 is 1.12 bits per heavy atom. The number of carbonyl (C=O) groups is 1. The smallest absolute Gasteiger partial charge is 0.268 e. The normalized spacial score (nSPS) is 10.9. The van der Waals surface area contributed by atoms with Gasteiger partial charge >= 0.3 is 0 Å². The van der Waals surface area contributed by atoms with Crippen molar-refractivity contribution in [2.45, 2.75) is 6.42 Å². The van der Waals surface area contributed by atoms with Gasteiger partial charge in [-0.3, -0.25) is 4.79 Å². The fourth-order valence-electron chi connectivity index (χ4n) is 2.70. The van der Waals surface area contributed by atoms with Crippen LogP contribution < -0.4 is 5.73 Å². The number of primary amides is 1. The van der Waals surface area contributed by atoms with Crippen LogP contribution in [-0.4, -0.2) is 20.9 Å². The average molecular weight is 346 g/mol. The summed E-state index contributed by atoms with van der Waals surface area (Å²) in [5.41, 5.74) is 8.76. The molecule has 4 rings (SSSR count). The summed E-state index contributed by atoms with van der Waals surface area (Å²) < 4.78 is 0. The molecule has 5 nitrogen and oxygen atoms in total. The van der Waals surface area contributed by atoms with E-state index in [4.69, 9.17) is 5.73 Å². The molecule has 2 aromatic heterocycles. The monoisotopic (exact) mass is 346 g/mol. The molecule has 0 saturated heterocycles. The predicted octanol–water partition coefficient (Wildman–Crippen LogP) is 3.44. The first kappa shape index (κ1) is 15.4. The lowest BCUT2D eigenvalue weighted by atomic mass is 10.1. The van der Waals surface area contributed by atoms with Gasteiger partial charge < -0.3 is 5.73 Å². The summed E-state index contributed by atoms with van der Waals surface area (Å²) in [4.78, 5) is 25.4. The summed E-state index contributed by atoms with van der Waals surface area (Å²) in [6.07, 6.45) is 3.94. The van der Waals surface area contributed by atoms with E-state index in [1.807, 2.05) is 48.5 Å². The third-order valence-electron chi connectivity index (χ3n) is 3.87. The Bertz CT molecular complexity index is 1060. The summed E-state index contributed by atoms with van der Waals surface area (Å²) >= 11 is 1.49. The van der Waals surface area contributed by atoms with Crippen LogP contribution in [-0.2, 0) is 6.42 Å². The summed E-state index contributed by atoms with van der Waals surface area (Å²) in [5.74, 6) is -0.519. The maximum absolute atomic E-state index is 11.9. The summed E-state index contributed by atoms with van der Waals surface area (Å²) in [7, 11) is 0. The van der Waals surface area contributed by atoms with Crippen molar-refractivity contribution >= 4 is 28.1 Å². The maximum Gasteiger partial charge on any atom is 0.268 e. The molecular weight excluding hydrogens is 332 g/mol. The SMILES string of the molecule is NC(=O)c1nc(Cc2ccccc2)sc1-c1ccc2ncncc2c1. The Morgan fingerprint density at radius 3 is 2.76 bits per heavy atom. The van der Waals surface area contributed by atoms with Crippen LogP contribution in [0.1, 0.15) is 21.1 Å². The molecule has 0 aliphatic rings. The van der Waals surface area contributed by atoms with E-state index in [1.54, 1.807) is 6.20 Å². The zero-order valence-electron chi connectivity index (χ0n) is 13.2. The highest BCUT2D eigenvalue weighted by Gasteiger charge is 2.18. The van der Waals surface area contributed by atoms with Crippen LogP contribution >= 0.6 is 11.3 Å². The average Bonchev–Trinajstić information content (AvgIpc) is 3.06. The molecule has 0 spiro atoms. The van der Waals surface area contributed by atoms with Crippen LogP contribution in [0.2, 0.25) is 0 Å². The molecule has 0 saturated carbocycles. The topological polar surface area (TPSA) is 81.8 Å². The van der Waals surface area contributed by atoms with Gasteiger partial charge in [-0.05, 0) is 23.3 Å². The van der Waals surface area contributed by atoms with E-state index in [-0.39, 0.29) is 0 Å². The minimum Gasteiger partial charge on any atom is -0.364 e. The van der Waals surface area contributed by atoms with E-state index in [1.165, 1.54) is 17.7 Å². The highest BCUT2D eigenvalue weighted by atomic mass is 32.1. The van der Waals surface area contributed by atoms with Gasteiger partial charge in [-0.15, -0.1) is 11.3 Å². The Balaban J connectivity index is 1.78. The molecule has 2 N–H and O–H groups in total. The molecule has 0 unspecified atom stereocenters. The molecule has 1 amide bonds. The van der Waals surface area contributed by atoms with Crippen molar-refractivity contribution in [3.8, 4) is 10.4 Å². The Labute approximate surface area is 148 Å². The molecular formula is C19H14N4OS. The van der Waals surface area contributed by atoms with Gasteiger partial charge in [0.2, 0.25) is 0 Å². The van der Waals surface area contributed by atoms with Gasteiger partial charge in [0, 0.05) is 18.0 Å². The third-order valence-corrected chi connectivity index (χ3v) is 4.97. The Morgan fingerprint density at radius 2 is 1.96 bits per heavy atom. The van der Waals surface area contributed by atoms with E-state index < -0.39 is 5.91 Å². The van der Waals surface area contributed by atoms with Gasteiger partial charge in [-0.25, -0.2) is 15.0 Å². The van der Waals surface area contributed by atoms with Crippen LogP contribution in [0.4, 0.5) is 0 Å². The highest BCUT2D eigenvalue weighted by molar-refractivity contribution is 7.15. The molecule has 0 bridgehead atoms. The quantitative estimate of drug-likeness (QED) is 0.614. The number of nitrogens with zero attached hydrogens (tertiary/aromatic N) is 3. The number of aromatic nitrogens is 3. The first-order valence-electron chi connectivity index (χ1n) is 7.74. The lowest BCUT2D eigenvalue weighted by Gasteiger charge is -2.01. The van der Waals surface area contributed by atoms with E-state index in [0.717, 1.165) is 31.9 Å². The molecule has 0 radical (unpaired) electrons. The van der Waals surface area contributed by atoms with Crippen LogP contribution in [0.15, 0.2) is 61.1 Å². The minimum atomic E-state index is -0.519. The number of hydrogen-bond donors (Lipinski definition) is 1. The molecule has 122 valence electrons. The summed E-state index contributed by atoms with van der Waals surface area (Å²) in [6.45, 7) is 0. The van der Waals surface area contributed by atoms with Crippen molar-refractivity contribution in [2.24, 2.45) is 5.73 Å². The standard InChI is InChI=1S/C19H14N4OS/c20-19(24)17-18(13-6-7-15-14(9-13)10-21-11-22-15)25-16(23-17)8-12-4-2-1-3-5-12/h1-7,9-11H,8H2,(H2,20,24). The third kappa shape index (κ3) is 3.12. The van der Waals surface area contributed by atoms with Crippen molar-refractivity contribution in [1.29, 1.82) is 0 Å². The number of nitrogens with two attached hydrogens (primary N) is 1. The number of benzene rings is 2. The van der Waals surface area contributed by atoms with Gasteiger partial charge in [0.15, 0.2) is 0 Å². The van der Waals surface area contributed by atoms with Crippen LogP contribution in [0.25, 0.3) is 21.3 Å². The fourth-order valence-corrected chi connectivity index (χ4v) is 3.80. The largest absolute Gasteiger partial charge is 0.364 e. The first-order valence-corrected chi connectivity index (χ1v) is 8.56. The lowest BCUT2D eigenvalue weighted by Crippen LogP contribution is -2.12. The summed E-state index contributed by atoms with van der Waals surface area (Å²) in [5, 5.41) is 1.77. The second kappa shape index (κ2) is 6.41. The number of rotatable bonds is 4. The number of hydrogen-bond acceptors (Lipinski definition) is 5. The predicted molar refractivity (Wildman–Crippen MR) is 98.4 cm³/mol. The van der Waals surface area contributed by atoms with Crippen molar-refractivity contribution < 1.29 is 4.79 Å². The number of fused-ring (bicyclic) bond motifs is 1. The highest BCUT2D eigenvalue weighted by Crippen LogP contribution is 2.32. The number of carbonyl (C=O) groups excluding carboxylic acids is 1. The van der Waals surface area contributed by atoms with Crippen LogP contribution in [0, 0.1) is 0 Å². The summed E-state index contributed by atoms with van der Waals surface area (Å²) in [6, 6.07) is 15.8. The van der Waals surface area contributed by atoms with Gasteiger partial charge in [-0.1, -0.05) is 36.4 Å². The van der Waals surface area contributed by atoms with Crippen LogP contribution in [0.3, 0.4) is 0 Å². The molecule has 0 atom stereocenters. The Hall–Kier alpha value is -3.12. The minimum absolute atomic E-state index is 0.312. The van der Waals surface area contributed by atoms with E-state index in [2.05, 4.69) is 15.0 Å². The zero-order valence-corrected chi connectivity index (χ0v) is 14.0. The molecule has 0 aliphatic heterocycles. The number of thiazole rings is 1. The molecule has 2 aromatic carbocycles. The van der Waals surface area contributed by atoms with Gasteiger partial charge in [-0.2, -0.15) is 0 Å². The fraction of sp³-hybridized carbons (Fsp3) is 0.0526. The first-order chi connectivity index (χ1) is 12.2. The van der Waals surface area contributed by atoms with Crippen LogP contribution in [0.5, 0.6) is 0 Å². The van der Waals surface area contributed by atoms with Crippen molar-refractivity contribution in [2.75, 3.05) is 0 Å². The Kier molecular flexibility index (Phi) is 3.95. The van der Waals surface area contributed by atoms with Gasteiger partial charge in [0.25, 0.3) is 5.91 Å². The molecule has 6 heteroatoms. The molecule has 0 aliphatic carbocycles. The van der Waals surface area contributed by atoms with Crippen molar-refractivity contribution in [3.05, 3.63) is 77.3 Å². The lowest BCUT2D eigenvalue weighted by molar-refractivity contribution is 0.0996. The second-order valence-electron chi connectivity index (χ2n) is 5.61. The molecule has 0 fully saturated rings. The molecule has 25 heavy (non-hydrogen) atoms. The van der Waals surface area contributed by atoms with Gasteiger partial charge in [0.05, 0.1) is 15.4 Å². The number of amides is 1. The van der Waals surface area contributed by atoms with Gasteiger partial charge in [0.1, 0.15) is 12.0 Å². The second-order valence-corrected chi connectivity index (χ2v) is 6.69. The maximum atomic E-state index is 11.9. The molecule has 2 heterocycles. The van der Waals surface area contributed by atoms with E-state index in [9.17, 15) is 4.79 Å². The zero-order chi connectivity index (χ0) is 17.2. The van der Waals surface area contributed by atoms with Crippen molar-refractivity contribution in [1.82, 2.24) is 15.0 Å². The van der Waals surface area contributed by atoms with Crippen molar-refractivity contribution in [3.63, 3.8) is 0 Å².